The fourth-order valence-electron chi connectivity index (χ4n) is 5.00. The van der Waals surface area contributed by atoms with E-state index < -0.39 is 36.2 Å². The number of alkyl halides is 3. The molecule has 3 aliphatic rings. The summed E-state index contributed by atoms with van der Waals surface area (Å²) in [6.07, 6.45) is -1.33. The molecule has 0 saturated carbocycles. The van der Waals surface area contributed by atoms with Crippen LogP contribution in [0.4, 0.5) is 24.7 Å². The molecule has 3 aliphatic heterocycles. The number of amides is 3. The zero-order valence-corrected chi connectivity index (χ0v) is 19.9. The first kappa shape index (κ1) is 26.1. The average Bonchev–Trinajstić information content (AvgIpc) is 2.86. The van der Waals surface area contributed by atoms with Gasteiger partial charge in [-0.15, -0.1) is 0 Å². The van der Waals surface area contributed by atoms with Gasteiger partial charge in [0.05, 0.1) is 11.9 Å². The molecule has 1 aromatic heterocycles. The van der Waals surface area contributed by atoms with E-state index in [9.17, 15) is 27.6 Å². The number of aliphatic hydroxyl groups is 1. The van der Waals surface area contributed by atoms with E-state index in [2.05, 4.69) is 20.5 Å². The number of hydrogen-bond donors (Lipinski definition) is 3. The molecule has 0 spiro atoms. The van der Waals surface area contributed by atoms with Gasteiger partial charge in [0.1, 0.15) is 24.0 Å². The minimum Gasteiger partial charge on any atom is -0.387 e. The molecule has 1 atom stereocenters. The molecule has 36 heavy (non-hydrogen) atoms. The molecular weight excluding hydrogens is 481 g/mol. The van der Waals surface area contributed by atoms with Crippen LogP contribution >= 0.6 is 0 Å². The van der Waals surface area contributed by atoms with Crippen molar-refractivity contribution in [3.63, 3.8) is 0 Å². The summed E-state index contributed by atoms with van der Waals surface area (Å²) in [5.74, 6) is -0.949. The number of halogens is 3. The molecule has 10 nitrogen and oxygen atoms in total. The Morgan fingerprint density at radius 2 is 1.81 bits per heavy atom. The Balaban J connectivity index is 1.35. The summed E-state index contributed by atoms with van der Waals surface area (Å²) in [5.41, 5.74) is -0.792. The van der Waals surface area contributed by atoms with Crippen LogP contribution in [-0.2, 0) is 20.6 Å². The minimum atomic E-state index is -4.62. The number of carbonyl (C=O) groups excluding carboxylic acids is 3. The Morgan fingerprint density at radius 1 is 1.11 bits per heavy atom. The summed E-state index contributed by atoms with van der Waals surface area (Å²) in [4.78, 5) is 44.5. The van der Waals surface area contributed by atoms with E-state index in [1.165, 1.54) is 6.20 Å². The third-order valence-corrected chi connectivity index (χ3v) is 7.04. The first-order chi connectivity index (χ1) is 17.1. The molecule has 13 heteroatoms. The van der Waals surface area contributed by atoms with Crippen LogP contribution in [0.15, 0.2) is 12.3 Å². The lowest BCUT2D eigenvalue weighted by Crippen LogP contribution is -2.50. The van der Waals surface area contributed by atoms with Gasteiger partial charge in [-0.1, -0.05) is 0 Å². The van der Waals surface area contributed by atoms with Gasteiger partial charge in [-0.05, 0) is 31.2 Å². The second kappa shape index (κ2) is 11.0. The summed E-state index contributed by atoms with van der Waals surface area (Å²) in [6.45, 7) is 3.58. The number of carbonyl (C=O) groups is 3. The maximum Gasteiger partial charge on any atom is 0.420 e. The van der Waals surface area contributed by atoms with Crippen LogP contribution in [0.5, 0.6) is 0 Å². The Hall–Kier alpha value is -2.93. The van der Waals surface area contributed by atoms with E-state index in [4.69, 9.17) is 5.11 Å². The predicted molar refractivity (Wildman–Crippen MR) is 124 cm³/mol. The Bertz CT molecular complexity index is 975. The van der Waals surface area contributed by atoms with Crippen molar-refractivity contribution in [2.75, 3.05) is 62.6 Å². The third-order valence-electron chi connectivity index (χ3n) is 7.04. The number of likely N-dealkylation sites (tertiary alicyclic amines) is 1. The van der Waals surface area contributed by atoms with Gasteiger partial charge in [0.25, 0.3) is 0 Å². The lowest BCUT2D eigenvalue weighted by Gasteiger charge is -2.39. The molecule has 198 valence electrons. The number of nitrogens with zero attached hydrogens (tertiary/aromatic N) is 4. The molecule has 4 rings (SSSR count). The van der Waals surface area contributed by atoms with Crippen molar-refractivity contribution >= 4 is 29.2 Å². The first-order valence-corrected chi connectivity index (χ1v) is 12.2. The standard InChI is InChI=1S/C23H31F3N6O4/c24-23(25,26)17-11-16(28-18-1-2-19(34)29-22(18)36)12-27-21(17)32-9-7-30(8-10-32)13-15-3-5-31(6-4-15)20(35)14-33/h11-12,15,18,28,33H,1-10,13-14H2,(H,29,34,36). The number of piperazine rings is 1. The summed E-state index contributed by atoms with van der Waals surface area (Å²) >= 11 is 0. The highest BCUT2D eigenvalue weighted by atomic mass is 19.4. The molecule has 0 aliphatic carbocycles. The molecule has 3 N–H and O–H groups in total. The molecule has 3 saturated heterocycles. The quantitative estimate of drug-likeness (QED) is 0.476. The Labute approximate surface area is 206 Å². The SMILES string of the molecule is O=C1CCC(Nc2cnc(N3CCN(CC4CCN(C(=O)CO)CC4)CC3)c(C(F)(F)F)c2)C(=O)N1. The first-order valence-electron chi connectivity index (χ1n) is 12.2. The summed E-state index contributed by atoms with van der Waals surface area (Å²) in [6, 6.07) is 0.175. The maximum atomic E-state index is 13.9. The normalized spacial score (nSPS) is 22.5. The van der Waals surface area contributed by atoms with Crippen molar-refractivity contribution < 1.29 is 32.7 Å². The molecule has 3 amide bonds. The van der Waals surface area contributed by atoms with E-state index in [0.717, 1.165) is 25.5 Å². The van der Waals surface area contributed by atoms with Crippen molar-refractivity contribution in [1.82, 2.24) is 20.1 Å². The highest BCUT2D eigenvalue weighted by Crippen LogP contribution is 2.37. The van der Waals surface area contributed by atoms with Crippen LogP contribution in [0.3, 0.4) is 0 Å². The van der Waals surface area contributed by atoms with Crippen LogP contribution in [-0.4, -0.2) is 96.1 Å². The van der Waals surface area contributed by atoms with Crippen LogP contribution in [0, 0.1) is 5.92 Å². The number of pyridine rings is 1. The lowest BCUT2D eigenvalue weighted by atomic mass is 9.96. The molecule has 0 aromatic carbocycles. The molecule has 1 aromatic rings. The number of nitrogens with one attached hydrogen (secondary N) is 2. The van der Waals surface area contributed by atoms with Crippen LogP contribution in [0.2, 0.25) is 0 Å². The fourth-order valence-corrected chi connectivity index (χ4v) is 5.00. The topological polar surface area (TPSA) is 118 Å². The zero-order chi connectivity index (χ0) is 25.9. The smallest absolute Gasteiger partial charge is 0.387 e. The van der Waals surface area contributed by atoms with Crippen molar-refractivity contribution in [2.45, 2.75) is 37.9 Å². The number of aliphatic hydroxyl groups excluding tert-OH is 1. The van der Waals surface area contributed by atoms with Gasteiger partial charge < -0.3 is 20.2 Å². The van der Waals surface area contributed by atoms with Crippen molar-refractivity contribution in [3.8, 4) is 0 Å². The number of aromatic nitrogens is 1. The number of hydrogen-bond acceptors (Lipinski definition) is 8. The van der Waals surface area contributed by atoms with Crippen molar-refractivity contribution in [3.05, 3.63) is 17.8 Å². The van der Waals surface area contributed by atoms with E-state index in [0.29, 0.717) is 45.2 Å². The lowest BCUT2D eigenvalue weighted by molar-refractivity contribution is -0.137. The van der Waals surface area contributed by atoms with Crippen molar-refractivity contribution in [2.24, 2.45) is 5.92 Å². The summed E-state index contributed by atoms with van der Waals surface area (Å²) < 4.78 is 41.8. The van der Waals surface area contributed by atoms with Gasteiger partial charge in [0.15, 0.2) is 0 Å². The molecule has 1 unspecified atom stereocenters. The van der Waals surface area contributed by atoms with Gasteiger partial charge in [-0.3, -0.25) is 24.6 Å². The highest BCUT2D eigenvalue weighted by molar-refractivity contribution is 6.01. The van der Waals surface area contributed by atoms with Gasteiger partial charge in [-0.2, -0.15) is 13.2 Å². The molecular formula is C23H31F3N6O4. The van der Waals surface area contributed by atoms with E-state index in [1.54, 1.807) is 9.80 Å². The summed E-state index contributed by atoms with van der Waals surface area (Å²) in [7, 11) is 0. The Kier molecular flexibility index (Phi) is 7.98. The molecule has 4 heterocycles. The zero-order valence-electron chi connectivity index (χ0n) is 19.9. The number of rotatable bonds is 6. The van der Waals surface area contributed by atoms with E-state index in [-0.39, 0.29) is 30.3 Å². The second-order valence-electron chi connectivity index (χ2n) is 9.51. The number of piperidine rings is 2. The number of imide groups is 1. The van der Waals surface area contributed by atoms with Crippen LogP contribution in [0.1, 0.15) is 31.2 Å². The molecule has 3 fully saturated rings. The van der Waals surface area contributed by atoms with E-state index >= 15 is 0 Å². The fraction of sp³-hybridized carbons (Fsp3) is 0.652. The molecule has 0 bridgehead atoms. The van der Waals surface area contributed by atoms with E-state index in [1.807, 2.05) is 0 Å². The van der Waals surface area contributed by atoms with Gasteiger partial charge >= 0.3 is 6.18 Å². The second-order valence-corrected chi connectivity index (χ2v) is 9.51. The summed E-state index contributed by atoms with van der Waals surface area (Å²) in [5, 5.41) is 13.9. The van der Waals surface area contributed by atoms with Crippen molar-refractivity contribution in [1.29, 1.82) is 0 Å². The highest BCUT2D eigenvalue weighted by Gasteiger charge is 2.38. The predicted octanol–water partition coefficient (Wildman–Crippen LogP) is 0.670. The monoisotopic (exact) mass is 512 g/mol. The third kappa shape index (κ3) is 6.25. The van der Waals surface area contributed by atoms with Crippen LogP contribution in [0.25, 0.3) is 0 Å². The maximum absolute atomic E-state index is 13.9. The van der Waals surface area contributed by atoms with Gasteiger partial charge in [0, 0.05) is 52.2 Å². The number of anilines is 2. The largest absolute Gasteiger partial charge is 0.420 e. The van der Waals surface area contributed by atoms with Crippen LogP contribution < -0.4 is 15.5 Å². The van der Waals surface area contributed by atoms with Gasteiger partial charge in [0.2, 0.25) is 17.7 Å². The average molecular weight is 513 g/mol. The molecule has 0 radical (unpaired) electrons. The Morgan fingerprint density at radius 3 is 2.42 bits per heavy atom. The van der Waals surface area contributed by atoms with Gasteiger partial charge in [-0.25, -0.2) is 4.98 Å². The minimum absolute atomic E-state index is 0.0743.